The minimum atomic E-state index is 0.680. The molecule has 3 heteroatoms. The molecule has 0 spiro atoms. The van der Waals surface area contributed by atoms with Crippen LogP contribution in [0.2, 0.25) is 0 Å². The lowest BCUT2D eigenvalue weighted by Crippen LogP contribution is -1.92. The lowest BCUT2D eigenvalue weighted by atomic mass is 10.1. The van der Waals surface area contributed by atoms with Gasteiger partial charge in [-0.05, 0) is 23.8 Å². The Morgan fingerprint density at radius 2 is 2.00 bits per heavy atom. The first-order valence-corrected chi connectivity index (χ1v) is 6.12. The Hall–Kier alpha value is -1.61. The van der Waals surface area contributed by atoms with E-state index in [4.69, 9.17) is 4.74 Å². The molecule has 0 aliphatic rings. The predicted molar refractivity (Wildman–Crippen MR) is 68.3 cm³/mol. The van der Waals surface area contributed by atoms with Crippen LogP contribution in [-0.4, -0.2) is 11.0 Å². The van der Waals surface area contributed by atoms with Crippen molar-refractivity contribution in [3.8, 4) is 5.75 Å². The van der Waals surface area contributed by atoms with Gasteiger partial charge in [-0.2, -0.15) is 4.37 Å². The van der Waals surface area contributed by atoms with Crippen molar-refractivity contribution in [3.05, 3.63) is 35.7 Å². The highest BCUT2D eigenvalue weighted by Gasteiger charge is 2.08. The van der Waals surface area contributed by atoms with E-state index in [9.17, 15) is 0 Å². The van der Waals surface area contributed by atoms with E-state index < -0.39 is 0 Å². The van der Waals surface area contributed by atoms with Gasteiger partial charge in [0, 0.05) is 22.2 Å². The highest BCUT2D eigenvalue weighted by Crippen LogP contribution is 2.33. The number of aromatic nitrogens is 1. The number of rotatable bonds is 2. The maximum absolute atomic E-state index is 5.66. The van der Waals surface area contributed by atoms with Gasteiger partial charge in [0.2, 0.25) is 0 Å². The Labute approximate surface area is 97.6 Å². The van der Waals surface area contributed by atoms with Crippen LogP contribution in [-0.2, 0) is 0 Å². The molecule has 0 bridgehead atoms. The van der Waals surface area contributed by atoms with Gasteiger partial charge in [-0.25, -0.2) is 0 Å². The van der Waals surface area contributed by atoms with Gasteiger partial charge in [-0.15, -0.1) is 0 Å². The van der Waals surface area contributed by atoms with Gasteiger partial charge in [0.1, 0.15) is 5.75 Å². The molecule has 0 aliphatic carbocycles. The summed E-state index contributed by atoms with van der Waals surface area (Å²) in [5.74, 6) is 0.927. The van der Waals surface area contributed by atoms with Crippen molar-refractivity contribution in [3.63, 3.8) is 0 Å². The van der Waals surface area contributed by atoms with Crippen LogP contribution in [0.5, 0.6) is 5.75 Å². The second-order valence-electron chi connectivity index (χ2n) is 3.60. The van der Waals surface area contributed by atoms with E-state index in [1.165, 1.54) is 22.3 Å². The molecular weight excluding hydrogens is 218 g/mol. The molecule has 3 rings (SSSR count). The number of fused-ring (bicyclic) bond motifs is 3. The maximum Gasteiger partial charge on any atom is 0.129 e. The van der Waals surface area contributed by atoms with Crippen LogP contribution in [0.3, 0.4) is 0 Å². The Bertz CT molecular complexity index is 645. The molecule has 0 aliphatic heterocycles. The summed E-state index contributed by atoms with van der Waals surface area (Å²) < 4.78 is 10.0. The molecule has 0 N–H and O–H groups in total. The summed E-state index contributed by atoms with van der Waals surface area (Å²) in [5.41, 5.74) is 1.02. The molecule has 3 aromatic rings. The molecule has 0 atom stereocenters. The zero-order valence-electron chi connectivity index (χ0n) is 8.93. The normalized spacial score (nSPS) is 11.1. The lowest BCUT2D eigenvalue weighted by Gasteiger charge is -2.07. The number of nitrogens with zero attached hydrogens (tertiary/aromatic N) is 1. The van der Waals surface area contributed by atoms with Gasteiger partial charge in [-0.1, -0.05) is 24.3 Å². The van der Waals surface area contributed by atoms with Gasteiger partial charge in [0.05, 0.1) is 12.1 Å². The molecule has 0 fully saturated rings. The van der Waals surface area contributed by atoms with Crippen molar-refractivity contribution in [1.29, 1.82) is 0 Å². The summed E-state index contributed by atoms with van der Waals surface area (Å²) in [4.78, 5) is 0. The fraction of sp³-hybridized carbons (Fsp3) is 0.154. The molecule has 0 unspecified atom stereocenters. The highest BCUT2D eigenvalue weighted by molar-refractivity contribution is 7.05. The van der Waals surface area contributed by atoms with Gasteiger partial charge in [0.25, 0.3) is 0 Å². The molecule has 1 aromatic heterocycles. The average Bonchev–Trinajstić information content (AvgIpc) is 2.78. The summed E-state index contributed by atoms with van der Waals surface area (Å²) in [7, 11) is 0. The summed E-state index contributed by atoms with van der Waals surface area (Å²) in [6, 6.07) is 10.3. The Kier molecular flexibility index (Phi) is 2.26. The molecule has 2 aromatic carbocycles. The molecule has 80 valence electrons. The van der Waals surface area contributed by atoms with Crippen molar-refractivity contribution in [2.75, 3.05) is 6.61 Å². The van der Waals surface area contributed by atoms with E-state index in [0.717, 1.165) is 16.7 Å². The number of hydrogen-bond acceptors (Lipinski definition) is 3. The highest BCUT2D eigenvalue weighted by atomic mass is 32.1. The minimum Gasteiger partial charge on any atom is -0.493 e. The number of hydrogen-bond donors (Lipinski definition) is 0. The fourth-order valence-corrected chi connectivity index (χ4v) is 2.63. The first kappa shape index (κ1) is 9.60. The van der Waals surface area contributed by atoms with E-state index in [1.807, 2.05) is 19.1 Å². The molecular formula is C13H11NOS. The molecule has 16 heavy (non-hydrogen) atoms. The van der Waals surface area contributed by atoms with Crippen LogP contribution >= 0.6 is 11.5 Å². The molecule has 0 saturated carbocycles. The Balaban J connectivity index is 2.45. The van der Waals surface area contributed by atoms with Crippen molar-refractivity contribution in [1.82, 2.24) is 4.37 Å². The first-order valence-electron chi connectivity index (χ1n) is 5.29. The molecule has 0 amide bonds. The summed E-state index contributed by atoms with van der Waals surface area (Å²) in [6.07, 6.45) is 0. The zero-order valence-corrected chi connectivity index (χ0v) is 9.75. The number of benzene rings is 2. The third-order valence-electron chi connectivity index (χ3n) is 2.65. The van der Waals surface area contributed by atoms with Crippen LogP contribution in [0.1, 0.15) is 6.92 Å². The third kappa shape index (κ3) is 1.36. The molecule has 0 radical (unpaired) electrons. The van der Waals surface area contributed by atoms with Gasteiger partial charge < -0.3 is 4.74 Å². The van der Waals surface area contributed by atoms with Crippen LogP contribution in [0.15, 0.2) is 35.7 Å². The Morgan fingerprint density at radius 3 is 2.81 bits per heavy atom. The van der Waals surface area contributed by atoms with Gasteiger partial charge in [-0.3, -0.25) is 0 Å². The van der Waals surface area contributed by atoms with E-state index in [-0.39, 0.29) is 0 Å². The van der Waals surface area contributed by atoms with E-state index in [0.29, 0.717) is 6.61 Å². The topological polar surface area (TPSA) is 22.1 Å². The quantitative estimate of drug-likeness (QED) is 0.666. The standard InChI is InChI=1S/C13H11NOS/c1-2-15-13-7-12-11(8-16-14-12)9-5-3-4-6-10(9)13/h3-8H,2H2,1H3. The third-order valence-corrected chi connectivity index (χ3v) is 3.29. The second-order valence-corrected chi connectivity index (χ2v) is 4.23. The van der Waals surface area contributed by atoms with Crippen LogP contribution < -0.4 is 4.74 Å². The van der Waals surface area contributed by atoms with Crippen LogP contribution in [0, 0.1) is 0 Å². The van der Waals surface area contributed by atoms with Crippen molar-refractivity contribution < 1.29 is 4.74 Å². The number of ether oxygens (including phenoxy) is 1. The van der Waals surface area contributed by atoms with Crippen molar-refractivity contribution in [2.45, 2.75) is 6.92 Å². The largest absolute Gasteiger partial charge is 0.493 e. The predicted octanol–water partition coefficient (Wildman–Crippen LogP) is 3.85. The zero-order chi connectivity index (χ0) is 11.0. The SMILES string of the molecule is CCOc1cc2nscc2c2ccccc12. The van der Waals surface area contributed by atoms with Crippen molar-refractivity contribution >= 4 is 33.2 Å². The van der Waals surface area contributed by atoms with Gasteiger partial charge in [0.15, 0.2) is 0 Å². The summed E-state index contributed by atoms with van der Waals surface area (Å²) >= 11 is 1.49. The second kappa shape index (κ2) is 3.76. The van der Waals surface area contributed by atoms with E-state index in [2.05, 4.69) is 28.0 Å². The molecule has 2 nitrogen and oxygen atoms in total. The Morgan fingerprint density at radius 1 is 1.19 bits per heavy atom. The van der Waals surface area contributed by atoms with Crippen LogP contribution in [0.25, 0.3) is 21.7 Å². The minimum absolute atomic E-state index is 0.680. The summed E-state index contributed by atoms with van der Waals surface area (Å²) in [6.45, 7) is 2.68. The summed E-state index contributed by atoms with van der Waals surface area (Å²) in [5, 5.41) is 5.69. The monoisotopic (exact) mass is 229 g/mol. The van der Waals surface area contributed by atoms with Gasteiger partial charge >= 0.3 is 0 Å². The van der Waals surface area contributed by atoms with E-state index in [1.54, 1.807) is 0 Å². The lowest BCUT2D eigenvalue weighted by molar-refractivity contribution is 0.344. The molecule has 1 heterocycles. The fourth-order valence-electron chi connectivity index (χ4n) is 1.96. The first-order chi connectivity index (χ1) is 7.90. The maximum atomic E-state index is 5.66. The smallest absolute Gasteiger partial charge is 0.129 e. The molecule has 0 saturated heterocycles. The average molecular weight is 229 g/mol. The van der Waals surface area contributed by atoms with E-state index >= 15 is 0 Å². The van der Waals surface area contributed by atoms with Crippen molar-refractivity contribution in [2.24, 2.45) is 0 Å². The van der Waals surface area contributed by atoms with Crippen LogP contribution in [0.4, 0.5) is 0 Å².